The van der Waals surface area contributed by atoms with Crippen LogP contribution in [0.15, 0.2) is 0 Å². The largest absolute Gasteiger partial charge is 0.381 e. The zero-order valence-corrected chi connectivity index (χ0v) is 11.9. The Balaban J connectivity index is 4.00. The van der Waals surface area contributed by atoms with Gasteiger partial charge in [0.25, 0.3) is 0 Å². The second kappa shape index (κ2) is 8.85. The normalized spacial score (nSPS) is 14.2. The van der Waals surface area contributed by atoms with Crippen LogP contribution in [0, 0.1) is 5.92 Å². The van der Waals surface area contributed by atoms with Crippen molar-refractivity contribution in [2.24, 2.45) is 11.7 Å². The van der Waals surface area contributed by atoms with Crippen molar-refractivity contribution >= 4 is 10.0 Å². The maximum Gasteiger partial charge on any atom is 0.213 e. The van der Waals surface area contributed by atoms with E-state index in [1.54, 1.807) is 0 Å². The lowest BCUT2D eigenvalue weighted by Crippen LogP contribution is -2.42. The summed E-state index contributed by atoms with van der Waals surface area (Å²) < 4.78 is 30.7. The van der Waals surface area contributed by atoms with Gasteiger partial charge in [-0.1, -0.05) is 26.7 Å². The van der Waals surface area contributed by atoms with Gasteiger partial charge in [0.05, 0.1) is 12.4 Å². The van der Waals surface area contributed by atoms with Crippen molar-refractivity contribution in [3.63, 3.8) is 0 Å². The van der Waals surface area contributed by atoms with Crippen LogP contribution >= 0.6 is 0 Å². The Labute approximate surface area is 105 Å². The number of nitrogens with one attached hydrogen (secondary N) is 1. The molecule has 0 aliphatic carbocycles. The second-order valence-electron chi connectivity index (χ2n) is 4.10. The van der Waals surface area contributed by atoms with Gasteiger partial charge in [0.2, 0.25) is 10.0 Å². The first kappa shape index (κ1) is 16.8. The molecule has 0 aromatic rings. The average Bonchev–Trinajstić information content (AvgIpc) is 2.28. The average molecular weight is 266 g/mol. The minimum Gasteiger partial charge on any atom is -0.381 e. The number of hydrogen-bond acceptors (Lipinski definition) is 4. The summed E-state index contributed by atoms with van der Waals surface area (Å²) >= 11 is 0. The molecule has 0 saturated carbocycles. The molecule has 0 aromatic carbocycles. The minimum absolute atomic E-state index is 0.00350. The topological polar surface area (TPSA) is 81.4 Å². The lowest BCUT2D eigenvalue weighted by Gasteiger charge is -2.21. The summed E-state index contributed by atoms with van der Waals surface area (Å²) in [6, 6.07) is -0.119. The molecule has 17 heavy (non-hydrogen) atoms. The Morgan fingerprint density at radius 3 is 2.29 bits per heavy atom. The van der Waals surface area contributed by atoms with Crippen LogP contribution in [0.3, 0.4) is 0 Å². The molecule has 5 nitrogen and oxygen atoms in total. The fourth-order valence-electron chi connectivity index (χ4n) is 1.67. The van der Waals surface area contributed by atoms with Gasteiger partial charge in [-0.25, -0.2) is 13.1 Å². The maximum atomic E-state index is 11.6. The van der Waals surface area contributed by atoms with Gasteiger partial charge >= 0.3 is 0 Å². The zero-order chi connectivity index (χ0) is 13.3. The van der Waals surface area contributed by atoms with Crippen molar-refractivity contribution in [1.29, 1.82) is 0 Å². The van der Waals surface area contributed by atoms with Crippen molar-refractivity contribution in [1.82, 2.24) is 4.72 Å². The molecule has 0 heterocycles. The number of sulfonamides is 1. The first-order chi connectivity index (χ1) is 7.96. The molecule has 1 atom stereocenters. The van der Waals surface area contributed by atoms with Crippen molar-refractivity contribution in [3.8, 4) is 0 Å². The number of ether oxygens (including phenoxy) is 1. The van der Waals surface area contributed by atoms with E-state index >= 15 is 0 Å². The Morgan fingerprint density at radius 2 is 1.82 bits per heavy atom. The second-order valence-corrected chi connectivity index (χ2v) is 6.03. The van der Waals surface area contributed by atoms with E-state index < -0.39 is 10.0 Å². The third kappa shape index (κ3) is 7.70. The number of nitrogens with two attached hydrogens (primary N) is 1. The summed E-state index contributed by atoms with van der Waals surface area (Å²) in [5.74, 6) is 0.362. The first-order valence-electron chi connectivity index (χ1n) is 6.27. The van der Waals surface area contributed by atoms with E-state index in [0.717, 1.165) is 12.8 Å². The summed E-state index contributed by atoms with van der Waals surface area (Å²) in [5, 5.41) is 0. The van der Waals surface area contributed by atoms with Crippen molar-refractivity contribution in [2.75, 3.05) is 25.5 Å². The molecular weight excluding hydrogens is 240 g/mol. The van der Waals surface area contributed by atoms with Gasteiger partial charge in [0, 0.05) is 19.2 Å². The van der Waals surface area contributed by atoms with Crippen molar-refractivity contribution < 1.29 is 13.2 Å². The van der Waals surface area contributed by atoms with Crippen LogP contribution in [0.1, 0.15) is 33.6 Å². The van der Waals surface area contributed by atoms with Crippen LogP contribution < -0.4 is 10.5 Å². The van der Waals surface area contributed by atoms with Gasteiger partial charge in [-0.2, -0.15) is 0 Å². The molecule has 0 amide bonds. The molecule has 0 aliphatic heterocycles. The summed E-state index contributed by atoms with van der Waals surface area (Å²) in [7, 11) is -3.25. The van der Waals surface area contributed by atoms with E-state index in [-0.39, 0.29) is 18.4 Å². The molecule has 0 bridgehead atoms. The van der Waals surface area contributed by atoms with Gasteiger partial charge < -0.3 is 10.5 Å². The highest BCUT2D eigenvalue weighted by molar-refractivity contribution is 7.89. The summed E-state index contributed by atoms with van der Waals surface area (Å²) in [4.78, 5) is 0. The van der Waals surface area contributed by atoms with Crippen molar-refractivity contribution in [2.45, 2.75) is 39.7 Å². The third-order valence-corrected chi connectivity index (χ3v) is 4.20. The fourth-order valence-corrected chi connectivity index (χ4v) is 2.60. The highest BCUT2D eigenvalue weighted by Gasteiger charge is 2.17. The SMILES string of the molecule is CCOCCS(=O)(=O)NCC(N)C(CC)CC. The number of hydrogen-bond donors (Lipinski definition) is 2. The van der Waals surface area contributed by atoms with E-state index in [2.05, 4.69) is 18.6 Å². The van der Waals surface area contributed by atoms with E-state index in [1.165, 1.54) is 0 Å². The van der Waals surface area contributed by atoms with Crippen LogP contribution in [-0.4, -0.2) is 40.0 Å². The van der Waals surface area contributed by atoms with Crippen LogP contribution in [0.4, 0.5) is 0 Å². The Morgan fingerprint density at radius 1 is 1.24 bits per heavy atom. The van der Waals surface area contributed by atoms with Gasteiger partial charge in [0.15, 0.2) is 0 Å². The van der Waals surface area contributed by atoms with Crippen LogP contribution in [-0.2, 0) is 14.8 Å². The minimum atomic E-state index is -3.25. The maximum absolute atomic E-state index is 11.6. The predicted octanol–water partition coefficient (Wildman–Crippen LogP) is 0.706. The van der Waals surface area contributed by atoms with E-state index in [0.29, 0.717) is 19.1 Å². The molecule has 0 spiro atoms. The highest BCUT2D eigenvalue weighted by Crippen LogP contribution is 2.10. The predicted molar refractivity (Wildman–Crippen MR) is 70.3 cm³/mol. The van der Waals surface area contributed by atoms with E-state index in [9.17, 15) is 8.42 Å². The third-order valence-electron chi connectivity index (χ3n) is 2.89. The number of rotatable bonds is 10. The standard InChI is InChI=1S/C11H26N2O3S/c1-4-10(5-2)11(12)9-13-17(14,15)8-7-16-6-3/h10-11,13H,4-9,12H2,1-3H3. The summed E-state index contributed by atoms with van der Waals surface area (Å²) in [6.45, 7) is 7.04. The van der Waals surface area contributed by atoms with E-state index in [1.807, 2.05) is 6.92 Å². The van der Waals surface area contributed by atoms with Crippen LogP contribution in [0.25, 0.3) is 0 Å². The van der Waals surface area contributed by atoms with Gasteiger partial charge in [-0.15, -0.1) is 0 Å². The Hall–Kier alpha value is -0.170. The lowest BCUT2D eigenvalue weighted by molar-refractivity contribution is 0.163. The molecule has 0 saturated heterocycles. The Bertz CT molecular complexity index is 276. The van der Waals surface area contributed by atoms with Gasteiger partial charge in [0.1, 0.15) is 0 Å². The molecule has 6 heteroatoms. The fraction of sp³-hybridized carbons (Fsp3) is 1.00. The molecule has 0 rings (SSSR count). The quantitative estimate of drug-likeness (QED) is 0.570. The van der Waals surface area contributed by atoms with Crippen LogP contribution in [0.2, 0.25) is 0 Å². The van der Waals surface area contributed by atoms with E-state index in [4.69, 9.17) is 10.5 Å². The molecule has 3 N–H and O–H groups in total. The van der Waals surface area contributed by atoms with Crippen LogP contribution in [0.5, 0.6) is 0 Å². The Kier molecular flexibility index (Phi) is 8.77. The van der Waals surface area contributed by atoms with Crippen molar-refractivity contribution in [3.05, 3.63) is 0 Å². The first-order valence-corrected chi connectivity index (χ1v) is 7.92. The summed E-state index contributed by atoms with van der Waals surface area (Å²) in [5.41, 5.74) is 5.94. The molecule has 0 aliphatic rings. The molecule has 104 valence electrons. The lowest BCUT2D eigenvalue weighted by atomic mass is 9.95. The molecular formula is C11H26N2O3S. The molecule has 1 unspecified atom stereocenters. The molecule has 0 fully saturated rings. The monoisotopic (exact) mass is 266 g/mol. The molecule has 0 radical (unpaired) electrons. The van der Waals surface area contributed by atoms with Gasteiger partial charge in [-0.05, 0) is 12.8 Å². The summed E-state index contributed by atoms with van der Waals surface area (Å²) in [6.07, 6.45) is 1.94. The smallest absolute Gasteiger partial charge is 0.213 e. The molecule has 0 aromatic heterocycles. The van der Waals surface area contributed by atoms with Gasteiger partial charge in [-0.3, -0.25) is 0 Å². The zero-order valence-electron chi connectivity index (χ0n) is 11.1. The highest BCUT2D eigenvalue weighted by atomic mass is 32.2.